The summed E-state index contributed by atoms with van der Waals surface area (Å²) in [6, 6.07) is 5.91. The number of halogens is 3. The summed E-state index contributed by atoms with van der Waals surface area (Å²) in [7, 11) is 0. The summed E-state index contributed by atoms with van der Waals surface area (Å²) in [5.74, 6) is 0.554. The zero-order valence-corrected chi connectivity index (χ0v) is 18.7. The molecule has 1 aromatic carbocycles. The molecule has 164 valence electrons. The molecule has 1 aliphatic carbocycles. The number of carbonyl (C=O) groups is 1. The number of rotatable bonds is 8. The molecule has 31 heavy (non-hydrogen) atoms. The van der Waals surface area contributed by atoms with Crippen LogP contribution in [0.4, 0.5) is 14.5 Å². The maximum Gasteiger partial charge on any atom is 0.283 e. The summed E-state index contributed by atoms with van der Waals surface area (Å²) >= 11 is 3.23. The Labute approximate surface area is 186 Å². The second-order valence-electron chi connectivity index (χ2n) is 7.68. The first-order valence-corrected chi connectivity index (χ1v) is 10.7. The zero-order valence-electron chi connectivity index (χ0n) is 17.1. The molecule has 0 radical (unpaired) electrons. The fourth-order valence-electron chi connectivity index (χ4n) is 3.41. The molecule has 7 nitrogen and oxygen atoms in total. The number of benzene rings is 1. The SMILES string of the molecule is Cc1ccc(OCn2cc(NC(=O)Cn3nc(C(F)F)c(Br)c3C3CC3)cn2)c(C)c1. The van der Waals surface area contributed by atoms with Crippen molar-refractivity contribution in [1.29, 1.82) is 0 Å². The number of hydrogen-bond donors (Lipinski definition) is 1. The Kier molecular flexibility index (Phi) is 6.08. The predicted molar refractivity (Wildman–Crippen MR) is 114 cm³/mol. The molecule has 1 fully saturated rings. The van der Waals surface area contributed by atoms with Gasteiger partial charge in [-0.25, -0.2) is 13.5 Å². The normalized spacial score (nSPS) is 13.6. The third-order valence-corrected chi connectivity index (χ3v) is 5.83. The molecule has 10 heteroatoms. The van der Waals surface area contributed by atoms with Crippen molar-refractivity contribution >= 4 is 27.5 Å². The van der Waals surface area contributed by atoms with Crippen molar-refractivity contribution in [2.45, 2.75) is 52.3 Å². The minimum absolute atomic E-state index is 0.151. The average Bonchev–Trinajstić information content (AvgIpc) is 3.34. The van der Waals surface area contributed by atoms with Gasteiger partial charge in [0.25, 0.3) is 6.43 Å². The van der Waals surface area contributed by atoms with Crippen molar-refractivity contribution in [3.05, 3.63) is 57.6 Å². The molecule has 0 saturated heterocycles. The van der Waals surface area contributed by atoms with Crippen LogP contribution in [0.5, 0.6) is 5.75 Å². The van der Waals surface area contributed by atoms with Crippen LogP contribution in [0.15, 0.2) is 35.1 Å². The number of amides is 1. The zero-order chi connectivity index (χ0) is 22.1. The van der Waals surface area contributed by atoms with Gasteiger partial charge in [0.05, 0.1) is 28.2 Å². The van der Waals surface area contributed by atoms with Gasteiger partial charge in [-0.1, -0.05) is 17.7 Å². The van der Waals surface area contributed by atoms with E-state index in [-0.39, 0.29) is 30.8 Å². The molecule has 2 heterocycles. The number of nitrogens with zero attached hydrogens (tertiary/aromatic N) is 4. The molecule has 4 rings (SSSR count). The lowest BCUT2D eigenvalue weighted by Crippen LogP contribution is -2.20. The smallest absolute Gasteiger partial charge is 0.283 e. The molecule has 1 saturated carbocycles. The Morgan fingerprint density at radius 2 is 2.13 bits per heavy atom. The minimum atomic E-state index is -2.70. The molecule has 0 aliphatic heterocycles. The Bertz CT molecular complexity index is 1110. The van der Waals surface area contributed by atoms with Gasteiger partial charge in [-0.15, -0.1) is 0 Å². The Balaban J connectivity index is 1.38. The summed E-state index contributed by atoms with van der Waals surface area (Å²) < 4.78 is 35.4. The lowest BCUT2D eigenvalue weighted by Gasteiger charge is -2.09. The van der Waals surface area contributed by atoms with Crippen LogP contribution in [0.2, 0.25) is 0 Å². The van der Waals surface area contributed by atoms with Crippen molar-refractivity contribution in [2.24, 2.45) is 0 Å². The van der Waals surface area contributed by atoms with E-state index in [1.165, 1.54) is 10.9 Å². The Morgan fingerprint density at radius 3 is 2.81 bits per heavy atom. The summed E-state index contributed by atoms with van der Waals surface area (Å²) in [6.07, 6.45) is 2.26. The van der Waals surface area contributed by atoms with E-state index < -0.39 is 6.43 Å². The molecule has 1 aliphatic rings. The second kappa shape index (κ2) is 8.78. The third kappa shape index (κ3) is 4.95. The number of aromatic nitrogens is 4. The fraction of sp³-hybridized carbons (Fsp3) is 0.381. The molecule has 0 spiro atoms. The first-order valence-electron chi connectivity index (χ1n) is 9.88. The molecule has 0 bridgehead atoms. The van der Waals surface area contributed by atoms with E-state index in [0.717, 1.165) is 29.7 Å². The summed E-state index contributed by atoms with van der Waals surface area (Å²) in [4.78, 5) is 12.5. The van der Waals surface area contributed by atoms with Gasteiger partial charge in [0, 0.05) is 5.92 Å². The Hall–Kier alpha value is -2.75. The highest BCUT2D eigenvalue weighted by Gasteiger charge is 2.34. The van der Waals surface area contributed by atoms with Gasteiger partial charge in [0.15, 0.2) is 6.73 Å². The van der Waals surface area contributed by atoms with Gasteiger partial charge in [-0.3, -0.25) is 9.48 Å². The van der Waals surface area contributed by atoms with Crippen LogP contribution in [0.1, 0.15) is 47.7 Å². The van der Waals surface area contributed by atoms with Gasteiger partial charge in [0.2, 0.25) is 5.91 Å². The van der Waals surface area contributed by atoms with Gasteiger partial charge < -0.3 is 10.1 Å². The highest BCUT2D eigenvalue weighted by molar-refractivity contribution is 9.10. The minimum Gasteiger partial charge on any atom is -0.471 e. The van der Waals surface area contributed by atoms with E-state index in [1.807, 2.05) is 32.0 Å². The first-order chi connectivity index (χ1) is 14.8. The largest absolute Gasteiger partial charge is 0.471 e. The van der Waals surface area contributed by atoms with E-state index in [9.17, 15) is 13.6 Å². The lowest BCUT2D eigenvalue weighted by atomic mass is 10.1. The number of ether oxygens (including phenoxy) is 1. The average molecular weight is 494 g/mol. The quantitative estimate of drug-likeness (QED) is 0.481. The van der Waals surface area contributed by atoms with E-state index in [1.54, 1.807) is 10.9 Å². The number of carbonyl (C=O) groups excluding carboxylic acids is 1. The molecule has 1 N–H and O–H groups in total. The molecular weight excluding hydrogens is 472 g/mol. The number of alkyl halides is 2. The third-order valence-electron chi connectivity index (χ3n) is 5.02. The van der Waals surface area contributed by atoms with Gasteiger partial charge in [-0.05, 0) is 54.2 Å². The van der Waals surface area contributed by atoms with Crippen LogP contribution in [0.25, 0.3) is 0 Å². The van der Waals surface area contributed by atoms with E-state index in [4.69, 9.17) is 4.74 Å². The lowest BCUT2D eigenvalue weighted by molar-refractivity contribution is -0.117. The van der Waals surface area contributed by atoms with Gasteiger partial charge in [0.1, 0.15) is 18.0 Å². The maximum absolute atomic E-state index is 13.2. The molecule has 1 amide bonds. The summed E-state index contributed by atoms with van der Waals surface area (Å²) in [6.45, 7) is 4.03. The van der Waals surface area contributed by atoms with E-state index in [2.05, 4.69) is 31.4 Å². The molecule has 2 aromatic heterocycles. The van der Waals surface area contributed by atoms with Crippen molar-refractivity contribution in [3.63, 3.8) is 0 Å². The molecule has 0 unspecified atom stereocenters. The molecular formula is C21H22BrF2N5O2. The second-order valence-corrected chi connectivity index (χ2v) is 8.47. The molecule has 0 atom stereocenters. The predicted octanol–water partition coefficient (Wildman–Crippen LogP) is 4.95. The van der Waals surface area contributed by atoms with Crippen molar-refractivity contribution in [1.82, 2.24) is 19.6 Å². The number of aryl methyl sites for hydroxylation is 2. The van der Waals surface area contributed by atoms with Crippen LogP contribution in [-0.4, -0.2) is 25.5 Å². The number of nitrogens with one attached hydrogen (secondary N) is 1. The van der Waals surface area contributed by atoms with Crippen molar-refractivity contribution in [2.75, 3.05) is 5.32 Å². The highest BCUT2D eigenvalue weighted by Crippen LogP contribution is 2.45. The van der Waals surface area contributed by atoms with E-state index in [0.29, 0.717) is 15.9 Å². The number of hydrogen-bond acceptors (Lipinski definition) is 4. The molecule has 3 aromatic rings. The van der Waals surface area contributed by atoms with Gasteiger partial charge >= 0.3 is 0 Å². The van der Waals surface area contributed by atoms with Crippen molar-refractivity contribution in [3.8, 4) is 5.75 Å². The van der Waals surface area contributed by atoms with Crippen LogP contribution >= 0.6 is 15.9 Å². The maximum atomic E-state index is 13.2. The highest BCUT2D eigenvalue weighted by atomic mass is 79.9. The van der Waals surface area contributed by atoms with Crippen LogP contribution in [0.3, 0.4) is 0 Å². The van der Waals surface area contributed by atoms with Crippen molar-refractivity contribution < 1.29 is 18.3 Å². The Morgan fingerprint density at radius 1 is 1.35 bits per heavy atom. The standard InChI is InChI=1S/C21H22BrF2N5O2/c1-12-3-6-16(13(2)7-12)31-11-28-9-15(8-25-28)26-17(30)10-29-20(14-4-5-14)18(22)19(27-29)21(23)24/h3,6-9,14,21H,4-5,10-11H2,1-2H3,(H,26,30). The van der Waals surface area contributed by atoms with Crippen LogP contribution in [0, 0.1) is 13.8 Å². The van der Waals surface area contributed by atoms with Crippen LogP contribution < -0.4 is 10.1 Å². The number of anilines is 1. The monoisotopic (exact) mass is 493 g/mol. The van der Waals surface area contributed by atoms with E-state index >= 15 is 0 Å². The summed E-state index contributed by atoms with van der Waals surface area (Å²) in [5, 5.41) is 10.9. The fourth-order valence-corrected chi connectivity index (χ4v) is 4.19. The van der Waals surface area contributed by atoms with Crippen LogP contribution in [-0.2, 0) is 18.1 Å². The summed E-state index contributed by atoms with van der Waals surface area (Å²) in [5.41, 5.74) is 3.00. The first kappa shape index (κ1) is 21.5. The van der Waals surface area contributed by atoms with Gasteiger partial charge in [-0.2, -0.15) is 10.2 Å². The topological polar surface area (TPSA) is 74.0 Å².